The van der Waals surface area contributed by atoms with Gasteiger partial charge in [-0.3, -0.25) is 4.79 Å². The number of aryl methyl sites for hydroxylation is 1. The number of anilines is 1. The number of nitrogens with one attached hydrogen (secondary N) is 1. The quantitative estimate of drug-likeness (QED) is 0.892. The number of amidine groups is 1. The number of carbonyl (C=O) groups excluding carboxylic acids is 1. The highest BCUT2D eigenvalue weighted by molar-refractivity contribution is 5.99. The summed E-state index contributed by atoms with van der Waals surface area (Å²) in [6, 6.07) is 16.0. The van der Waals surface area contributed by atoms with Crippen molar-refractivity contribution in [3.8, 4) is 0 Å². The number of rotatable bonds is 3. The maximum Gasteiger partial charge on any atom is 0.253 e. The first-order valence-corrected chi connectivity index (χ1v) is 9.63. The van der Waals surface area contributed by atoms with Crippen LogP contribution in [0.3, 0.4) is 0 Å². The van der Waals surface area contributed by atoms with E-state index in [0.29, 0.717) is 25.9 Å². The molecular formula is C22H26N4O2. The molecule has 0 radical (unpaired) electrons. The number of piperidine rings is 1. The van der Waals surface area contributed by atoms with E-state index < -0.39 is 5.72 Å². The lowest BCUT2D eigenvalue weighted by molar-refractivity contribution is -0.0849. The van der Waals surface area contributed by atoms with Gasteiger partial charge < -0.3 is 9.80 Å². The van der Waals surface area contributed by atoms with Gasteiger partial charge in [-0.25, -0.2) is 15.3 Å². The molecule has 1 fully saturated rings. The fraction of sp³-hybridized carbons (Fsp3) is 0.364. The SMILES string of the molecule is Cc1ccc(C2=NC3(CCN(C(=O)c4cccc(N(C)C)c4)CC3)ON2)cc1. The molecule has 2 aliphatic heterocycles. The lowest BCUT2D eigenvalue weighted by atomic mass is 10.00. The number of likely N-dealkylation sites (tertiary alicyclic amines) is 1. The van der Waals surface area contributed by atoms with E-state index in [9.17, 15) is 4.79 Å². The molecule has 146 valence electrons. The zero-order valence-corrected chi connectivity index (χ0v) is 16.6. The minimum absolute atomic E-state index is 0.0623. The summed E-state index contributed by atoms with van der Waals surface area (Å²) < 4.78 is 0. The summed E-state index contributed by atoms with van der Waals surface area (Å²) in [6.07, 6.45) is 1.35. The number of nitrogens with zero attached hydrogens (tertiary/aromatic N) is 3. The van der Waals surface area contributed by atoms with Crippen LogP contribution >= 0.6 is 0 Å². The summed E-state index contributed by atoms with van der Waals surface area (Å²) in [5, 5.41) is 0. The zero-order valence-electron chi connectivity index (χ0n) is 16.6. The Hall–Kier alpha value is -2.86. The van der Waals surface area contributed by atoms with Crippen LogP contribution in [0.2, 0.25) is 0 Å². The Bertz CT molecular complexity index is 897. The molecule has 28 heavy (non-hydrogen) atoms. The van der Waals surface area contributed by atoms with Crippen LogP contribution in [0.1, 0.15) is 34.3 Å². The highest BCUT2D eigenvalue weighted by Crippen LogP contribution is 2.31. The molecule has 4 rings (SSSR count). The van der Waals surface area contributed by atoms with Crippen LogP contribution in [0.25, 0.3) is 0 Å². The van der Waals surface area contributed by atoms with E-state index in [0.717, 1.165) is 22.6 Å². The van der Waals surface area contributed by atoms with Crippen molar-refractivity contribution >= 4 is 17.4 Å². The van der Waals surface area contributed by atoms with Gasteiger partial charge in [0.2, 0.25) is 0 Å². The normalized spacial score (nSPS) is 18.0. The van der Waals surface area contributed by atoms with Crippen molar-refractivity contribution in [1.29, 1.82) is 0 Å². The highest BCUT2D eigenvalue weighted by atomic mass is 16.7. The first-order valence-electron chi connectivity index (χ1n) is 9.63. The number of hydrogen-bond acceptors (Lipinski definition) is 5. The molecule has 0 bridgehead atoms. The third-order valence-electron chi connectivity index (χ3n) is 5.42. The highest BCUT2D eigenvalue weighted by Gasteiger charge is 2.41. The lowest BCUT2D eigenvalue weighted by Gasteiger charge is -2.35. The maximum absolute atomic E-state index is 12.9. The van der Waals surface area contributed by atoms with Gasteiger partial charge in [0, 0.05) is 56.8 Å². The van der Waals surface area contributed by atoms with Crippen LogP contribution in [0.15, 0.2) is 53.5 Å². The molecule has 1 N–H and O–H groups in total. The minimum atomic E-state index is -0.581. The van der Waals surface area contributed by atoms with E-state index in [4.69, 9.17) is 9.83 Å². The monoisotopic (exact) mass is 378 g/mol. The zero-order chi connectivity index (χ0) is 19.7. The van der Waals surface area contributed by atoms with Crippen molar-refractivity contribution in [2.24, 2.45) is 4.99 Å². The van der Waals surface area contributed by atoms with Gasteiger partial charge in [0.15, 0.2) is 11.6 Å². The molecule has 0 atom stereocenters. The Balaban J connectivity index is 1.44. The van der Waals surface area contributed by atoms with Crippen LogP contribution in [0.4, 0.5) is 5.69 Å². The van der Waals surface area contributed by atoms with E-state index in [-0.39, 0.29) is 5.91 Å². The van der Waals surface area contributed by atoms with Crippen LogP contribution in [-0.2, 0) is 4.84 Å². The number of aliphatic imine (C=N–C) groups is 1. The topological polar surface area (TPSA) is 57.2 Å². The number of amides is 1. The fourth-order valence-corrected chi connectivity index (χ4v) is 3.60. The maximum atomic E-state index is 12.9. The molecule has 2 aliphatic rings. The summed E-state index contributed by atoms with van der Waals surface area (Å²) in [7, 11) is 3.95. The molecular weight excluding hydrogens is 352 g/mol. The van der Waals surface area contributed by atoms with Crippen molar-refractivity contribution in [3.05, 3.63) is 65.2 Å². The summed E-state index contributed by atoms with van der Waals surface area (Å²) >= 11 is 0. The van der Waals surface area contributed by atoms with Gasteiger partial charge in [-0.1, -0.05) is 35.9 Å². The largest absolute Gasteiger partial charge is 0.378 e. The van der Waals surface area contributed by atoms with Gasteiger partial charge in [0.25, 0.3) is 5.91 Å². The molecule has 6 nitrogen and oxygen atoms in total. The van der Waals surface area contributed by atoms with Crippen LogP contribution in [0.5, 0.6) is 0 Å². The number of hydrogen-bond donors (Lipinski definition) is 1. The van der Waals surface area contributed by atoms with Crippen molar-refractivity contribution < 1.29 is 9.63 Å². The summed E-state index contributed by atoms with van der Waals surface area (Å²) in [5.74, 6) is 0.825. The van der Waals surface area contributed by atoms with Crippen molar-refractivity contribution in [2.45, 2.75) is 25.5 Å². The predicted octanol–water partition coefficient (Wildman–Crippen LogP) is 2.97. The summed E-state index contributed by atoms with van der Waals surface area (Å²) in [4.78, 5) is 27.5. The Morgan fingerprint density at radius 2 is 1.86 bits per heavy atom. The first-order chi connectivity index (χ1) is 13.5. The third kappa shape index (κ3) is 3.60. The average molecular weight is 378 g/mol. The van der Waals surface area contributed by atoms with Crippen molar-refractivity contribution in [1.82, 2.24) is 10.4 Å². The second kappa shape index (κ2) is 7.28. The van der Waals surface area contributed by atoms with Gasteiger partial charge in [-0.15, -0.1) is 0 Å². The lowest BCUT2D eigenvalue weighted by Crippen LogP contribution is -2.46. The van der Waals surface area contributed by atoms with Crippen molar-refractivity contribution in [3.63, 3.8) is 0 Å². The van der Waals surface area contributed by atoms with Gasteiger partial charge in [0.1, 0.15) is 0 Å². The molecule has 0 aliphatic carbocycles. The number of hydroxylamine groups is 1. The molecule has 6 heteroatoms. The van der Waals surface area contributed by atoms with E-state index in [1.165, 1.54) is 5.56 Å². The van der Waals surface area contributed by atoms with Gasteiger partial charge in [-0.2, -0.15) is 0 Å². The molecule has 1 saturated heterocycles. The van der Waals surface area contributed by atoms with E-state index in [1.807, 2.05) is 60.3 Å². The molecule has 2 aromatic rings. The smallest absolute Gasteiger partial charge is 0.253 e. The molecule has 1 spiro atoms. The fourth-order valence-electron chi connectivity index (χ4n) is 3.60. The van der Waals surface area contributed by atoms with Crippen molar-refractivity contribution in [2.75, 3.05) is 32.1 Å². The molecule has 2 aromatic carbocycles. The molecule has 0 unspecified atom stereocenters. The van der Waals surface area contributed by atoms with Gasteiger partial charge in [-0.05, 0) is 25.1 Å². The van der Waals surface area contributed by atoms with E-state index >= 15 is 0 Å². The summed E-state index contributed by atoms with van der Waals surface area (Å²) in [5.41, 5.74) is 6.38. The minimum Gasteiger partial charge on any atom is -0.378 e. The Kier molecular flexibility index (Phi) is 4.81. The second-order valence-electron chi connectivity index (χ2n) is 7.71. The van der Waals surface area contributed by atoms with Crippen LogP contribution in [-0.4, -0.2) is 49.6 Å². The molecule has 2 heterocycles. The Morgan fingerprint density at radius 3 is 2.54 bits per heavy atom. The predicted molar refractivity (Wildman–Crippen MR) is 111 cm³/mol. The number of benzene rings is 2. The second-order valence-corrected chi connectivity index (χ2v) is 7.71. The Labute approximate surface area is 165 Å². The number of carbonyl (C=O) groups is 1. The standard InChI is InChI=1S/C22H26N4O2/c1-16-7-9-17(10-8-16)20-23-22(28-24-20)11-13-26(14-12-22)21(27)18-5-4-6-19(15-18)25(2)3/h4-10,15H,11-14H2,1-3H3,(H,23,24). The summed E-state index contributed by atoms with van der Waals surface area (Å²) in [6.45, 7) is 3.31. The average Bonchev–Trinajstić information content (AvgIpc) is 3.12. The van der Waals surface area contributed by atoms with E-state index in [2.05, 4.69) is 24.5 Å². The molecule has 0 saturated carbocycles. The van der Waals surface area contributed by atoms with Crippen LogP contribution < -0.4 is 10.4 Å². The third-order valence-corrected chi connectivity index (χ3v) is 5.42. The molecule has 1 amide bonds. The van der Waals surface area contributed by atoms with E-state index in [1.54, 1.807) is 0 Å². The van der Waals surface area contributed by atoms with Crippen LogP contribution in [0, 0.1) is 6.92 Å². The Morgan fingerprint density at radius 1 is 1.14 bits per heavy atom. The molecule has 0 aromatic heterocycles. The first kappa shape index (κ1) is 18.5. The van der Waals surface area contributed by atoms with Gasteiger partial charge >= 0.3 is 0 Å². The van der Waals surface area contributed by atoms with Gasteiger partial charge in [0.05, 0.1) is 0 Å².